The Morgan fingerprint density at radius 3 is 0.878 bits per heavy atom. The van der Waals surface area contributed by atoms with Gasteiger partial charge in [0.15, 0.2) is 0 Å². The summed E-state index contributed by atoms with van der Waals surface area (Å²) in [5, 5.41) is 5.15. The van der Waals surface area contributed by atoms with Crippen LogP contribution in [0, 0.1) is 0 Å². The number of nitrogens with zero attached hydrogens (tertiary/aromatic N) is 2. The van der Waals surface area contributed by atoms with Crippen LogP contribution in [0.25, 0.3) is 68.1 Å². The molecule has 0 N–H and O–H groups in total. The second kappa shape index (κ2) is 17.9. The lowest BCUT2D eigenvalue weighted by atomic mass is 9.79. The van der Waals surface area contributed by atoms with Crippen molar-refractivity contribution in [1.29, 1.82) is 0 Å². The van der Waals surface area contributed by atoms with E-state index in [0.29, 0.717) is 0 Å². The first-order valence-corrected chi connectivity index (χ1v) is 25.9. The zero-order chi connectivity index (χ0) is 50.0. The topological polar surface area (TPSA) is 6.48 Å². The standard InChI is InChI=1S/C72H56N2/c1-71(2)65-47-64-66(48-63(65)69-61-31-19-17-29-59(61)51(45-67(69)71)39-33-49-35-41-57(42-36-49)73(53-21-9-5-10-22-53)54-23-11-6-12-24-54)72(3,4)68-46-52(60-30-18-20-32-62(60)70(64)68)40-34-50-37-43-58(44-38-50)74(55-25-13-7-14-26-55)56-27-15-8-16-28-56/h5-48H,1-4H3/b39-33+,40-34+. The predicted octanol–water partition coefficient (Wildman–Crippen LogP) is 19.9. The Morgan fingerprint density at radius 1 is 0.270 bits per heavy atom. The fraction of sp³-hybridized carbons (Fsp3) is 0.0833. The molecule has 0 spiro atoms. The fourth-order valence-electron chi connectivity index (χ4n) is 12.0. The quantitative estimate of drug-likeness (QED) is 0.126. The Balaban J connectivity index is 0.839. The van der Waals surface area contributed by atoms with Gasteiger partial charge in [0, 0.05) is 45.0 Å². The van der Waals surface area contributed by atoms with Crippen LogP contribution in [0.1, 0.15) is 72.2 Å². The van der Waals surface area contributed by atoms with Crippen molar-refractivity contribution in [1.82, 2.24) is 0 Å². The van der Waals surface area contributed by atoms with Gasteiger partial charge in [0.05, 0.1) is 0 Å². The van der Waals surface area contributed by atoms with E-state index in [1.807, 2.05) is 0 Å². The highest BCUT2D eigenvalue weighted by Gasteiger charge is 2.43. The zero-order valence-corrected chi connectivity index (χ0v) is 42.3. The van der Waals surface area contributed by atoms with E-state index in [0.717, 1.165) is 45.3 Å². The van der Waals surface area contributed by atoms with Crippen LogP contribution in [0.4, 0.5) is 34.1 Å². The lowest BCUT2D eigenvalue weighted by molar-refractivity contribution is 0.652. The Morgan fingerprint density at radius 2 is 0.554 bits per heavy atom. The maximum Gasteiger partial charge on any atom is 0.0462 e. The zero-order valence-electron chi connectivity index (χ0n) is 42.3. The van der Waals surface area contributed by atoms with Gasteiger partial charge in [-0.05, 0) is 185 Å². The average Bonchev–Trinajstić information content (AvgIpc) is 3.84. The molecule has 74 heavy (non-hydrogen) atoms. The van der Waals surface area contributed by atoms with Gasteiger partial charge in [-0.1, -0.05) is 198 Å². The molecule has 354 valence electrons. The second-order valence-corrected chi connectivity index (χ2v) is 20.9. The van der Waals surface area contributed by atoms with E-state index in [-0.39, 0.29) is 10.8 Å². The van der Waals surface area contributed by atoms with E-state index in [2.05, 4.69) is 304 Å². The predicted molar refractivity (Wildman–Crippen MR) is 317 cm³/mol. The molecule has 2 aliphatic carbocycles. The van der Waals surface area contributed by atoms with Gasteiger partial charge in [0.2, 0.25) is 0 Å². The van der Waals surface area contributed by atoms with Crippen molar-refractivity contribution in [2.24, 2.45) is 0 Å². The first kappa shape index (κ1) is 44.9. The number of anilines is 6. The molecule has 11 aromatic carbocycles. The Bertz CT molecular complexity index is 3620. The molecule has 11 aromatic rings. The highest BCUT2D eigenvalue weighted by Crippen LogP contribution is 2.59. The third-order valence-corrected chi connectivity index (χ3v) is 15.8. The van der Waals surface area contributed by atoms with Crippen LogP contribution < -0.4 is 9.80 Å². The third-order valence-electron chi connectivity index (χ3n) is 15.8. The summed E-state index contributed by atoms with van der Waals surface area (Å²) in [6.45, 7) is 9.71. The minimum Gasteiger partial charge on any atom is -0.311 e. The van der Waals surface area contributed by atoms with Gasteiger partial charge in [-0.3, -0.25) is 0 Å². The molecule has 0 saturated carbocycles. The molecule has 2 nitrogen and oxygen atoms in total. The first-order chi connectivity index (χ1) is 36.2. The molecule has 0 aromatic heterocycles. The first-order valence-electron chi connectivity index (χ1n) is 25.9. The van der Waals surface area contributed by atoms with E-state index in [9.17, 15) is 0 Å². The number of hydrogen-bond acceptors (Lipinski definition) is 2. The summed E-state index contributed by atoms with van der Waals surface area (Å²) in [4.78, 5) is 4.62. The fourth-order valence-corrected chi connectivity index (χ4v) is 12.0. The summed E-state index contributed by atoms with van der Waals surface area (Å²) in [7, 11) is 0. The second-order valence-electron chi connectivity index (χ2n) is 20.9. The van der Waals surface area contributed by atoms with Gasteiger partial charge < -0.3 is 9.80 Å². The minimum atomic E-state index is -0.216. The van der Waals surface area contributed by atoms with Crippen molar-refractivity contribution in [2.75, 3.05) is 9.80 Å². The molecule has 0 fully saturated rings. The number of benzene rings is 11. The van der Waals surface area contributed by atoms with Crippen molar-refractivity contribution < 1.29 is 0 Å². The molecular weight excluding hydrogens is 893 g/mol. The van der Waals surface area contributed by atoms with Gasteiger partial charge in [0.1, 0.15) is 0 Å². The summed E-state index contributed by atoms with van der Waals surface area (Å²) in [5.74, 6) is 0. The maximum absolute atomic E-state index is 2.57. The molecule has 13 rings (SSSR count). The molecule has 0 unspecified atom stereocenters. The number of fused-ring (bicyclic) bond motifs is 10. The van der Waals surface area contributed by atoms with E-state index in [1.165, 1.54) is 77.2 Å². The van der Waals surface area contributed by atoms with E-state index < -0.39 is 0 Å². The SMILES string of the molecule is CC1(C)c2cc3c(cc2-c2c1cc(/C=C/c1ccc(N(c4ccccc4)c4ccccc4)cc1)c1ccccc21)C(C)(C)c1cc(/C=C/c2ccc(N(c4ccccc4)c4ccccc4)cc2)c2ccccc2c1-3. The highest BCUT2D eigenvalue weighted by atomic mass is 15.1. The van der Waals surface area contributed by atoms with Gasteiger partial charge in [-0.15, -0.1) is 0 Å². The van der Waals surface area contributed by atoms with Crippen LogP contribution in [-0.4, -0.2) is 0 Å². The van der Waals surface area contributed by atoms with Gasteiger partial charge in [0.25, 0.3) is 0 Å². The molecule has 0 bridgehead atoms. The lowest BCUT2D eigenvalue weighted by Crippen LogP contribution is -2.17. The Kier molecular flexibility index (Phi) is 10.9. The Labute approximate surface area is 435 Å². The van der Waals surface area contributed by atoms with Gasteiger partial charge >= 0.3 is 0 Å². The van der Waals surface area contributed by atoms with Crippen LogP contribution in [0.15, 0.2) is 243 Å². The van der Waals surface area contributed by atoms with Crippen molar-refractivity contribution in [3.63, 3.8) is 0 Å². The van der Waals surface area contributed by atoms with Gasteiger partial charge in [-0.2, -0.15) is 0 Å². The normalized spacial score (nSPS) is 13.8. The molecule has 2 aliphatic rings. The average molecular weight is 949 g/mol. The number of para-hydroxylation sites is 4. The number of rotatable bonds is 10. The molecule has 0 aliphatic heterocycles. The van der Waals surface area contributed by atoms with E-state index >= 15 is 0 Å². The van der Waals surface area contributed by atoms with Crippen molar-refractivity contribution in [2.45, 2.75) is 38.5 Å². The van der Waals surface area contributed by atoms with E-state index in [4.69, 9.17) is 0 Å². The largest absolute Gasteiger partial charge is 0.311 e. The third kappa shape index (κ3) is 7.56. The highest BCUT2D eigenvalue weighted by molar-refractivity contribution is 6.10. The van der Waals surface area contributed by atoms with Crippen LogP contribution >= 0.6 is 0 Å². The molecule has 0 radical (unpaired) electrons. The monoisotopic (exact) mass is 948 g/mol. The van der Waals surface area contributed by atoms with Gasteiger partial charge in [-0.25, -0.2) is 0 Å². The van der Waals surface area contributed by atoms with Crippen LogP contribution in [0.2, 0.25) is 0 Å². The molecule has 0 heterocycles. The molecule has 2 heteroatoms. The van der Waals surface area contributed by atoms with Crippen LogP contribution in [-0.2, 0) is 10.8 Å². The summed E-state index contributed by atoms with van der Waals surface area (Å²) >= 11 is 0. The molecular formula is C72H56N2. The molecule has 0 amide bonds. The summed E-state index contributed by atoms with van der Waals surface area (Å²) in [6, 6.07) is 88.3. The number of hydrogen-bond donors (Lipinski definition) is 0. The summed E-state index contributed by atoms with van der Waals surface area (Å²) in [6.07, 6.45) is 9.18. The summed E-state index contributed by atoms with van der Waals surface area (Å²) < 4.78 is 0. The molecule has 0 atom stereocenters. The molecule has 0 saturated heterocycles. The van der Waals surface area contributed by atoms with E-state index in [1.54, 1.807) is 0 Å². The lowest BCUT2D eigenvalue weighted by Gasteiger charge is -2.25. The van der Waals surface area contributed by atoms with Crippen molar-refractivity contribution in [3.8, 4) is 22.3 Å². The smallest absolute Gasteiger partial charge is 0.0462 e. The van der Waals surface area contributed by atoms with Crippen LogP contribution in [0.3, 0.4) is 0 Å². The minimum absolute atomic E-state index is 0.216. The van der Waals surface area contributed by atoms with Crippen LogP contribution in [0.5, 0.6) is 0 Å². The van der Waals surface area contributed by atoms with Crippen molar-refractivity contribution in [3.05, 3.63) is 287 Å². The maximum atomic E-state index is 2.57. The van der Waals surface area contributed by atoms with Crippen molar-refractivity contribution >= 4 is 80.0 Å². The summed E-state index contributed by atoms with van der Waals surface area (Å²) in [5.41, 5.74) is 22.2. The Hall–Kier alpha value is -8.98.